The highest BCUT2D eigenvalue weighted by Gasteiger charge is 2.33. The first-order valence-corrected chi connectivity index (χ1v) is 15.2. The van der Waals surface area contributed by atoms with Crippen molar-refractivity contribution in [2.45, 2.75) is 122 Å². The summed E-state index contributed by atoms with van der Waals surface area (Å²) in [5.41, 5.74) is 3.62. The van der Waals surface area contributed by atoms with Gasteiger partial charge in [0.05, 0.1) is 12.2 Å². The normalized spacial score (nSPS) is 24.8. The Kier molecular flexibility index (Phi) is 10.6. The molecule has 2 aliphatic carbocycles. The molecule has 0 radical (unpaired) electrons. The number of halogens is 2. The highest BCUT2D eigenvalue weighted by Crippen LogP contribution is 2.39. The summed E-state index contributed by atoms with van der Waals surface area (Å²) >= 11 is 0. The van der Waals surface area contributed by atoms with Gasteiger partial charge in [-0.25, -0.2) is 0 Å². The van der Waals surface area contributed by atoms with E-state index in [1.54, 1.807) is 12.1 Å². The van der Waals surface area contributed by atoms with E-state index in [1.165, 1.54) is 94.6 Å². The van der Waals surface area contributed by atoms with E-state index in [2.05, 4.69) is 38.1 Å². The number of hydrogen-bond donors (Lipinski definition) is 0. The summed E-state index contributed by atoms with van der Waals surface area (Å²) in [5.74, 6) is 2.92. The zero-order valence-corrected chi connectivity index (χ0v) is 23.2. The Morgan fingerprint density at radius 1 is 0.703 bits per heavy atom. The lowest BCUT2D eigenvalue weighted by molar-refractivity contribution is -0.248. The largest absolute Gasteiger partial charge is 0.383 e. The van der Waals surface area contributed by atoms with Gasteiger partial charge in [-0.05, 0) is 98.1 Å². The molecular formula is C34H48F2O. The third-order valence-electron chi connectivity index (χ3n) is 9.33. The summed E-state index contributed by atoms with van der Waals surface area (Å²) in [6, 6.07) is 15.5. The SMILES string of the molecule is CCCCC[C@H]1CC[C@H](c2ccc(C(F)(F)OCCc3ccc([C@H]4CC[C@H](CC)CC4)cc3)cc2)CC1. The van der Waals surface area contributed by atoms with Crippen LogP contribution < -0.4 is 0 Å². The molecule has 2 aromatic carbocycles. The summed E-state index contributed by atoms with van der Waals surface area (Å²) in [6.45, 7) is 4.56. The van der Waals surface area contributed by atoms with Gasteiger partial charge >= 0.3 is 6.11 Å². The predicted octanol–water partition coefficient (Wildman–Crippen LogP) is 10.5. The molecule has 0 saturated heterocycles. The van der Waals surface area contributed by atoms with Gasteiger partial charge in [-0.15, -0.1) is 0 Å². The fourth-order valence-electron chi connectivity index (χ4n) is 6.66. The lowest BCUT2D eigenvalue weighted by Gasteiger charge is -2.29. The molecule has 2 fully saturated rings. The molecule has 1 nitrogen and oxygen atoms in total. The predicted molar refractivity (Wildman–Crippen MR) is 150 cm³/mol. The van der Waals surface area contributed by atoms with Crippen LogP contribution in [0.1, 0.15) is 131 Å². The standard InChI is InChI=1S/C34H48F2O/c1-3-5-6-7-27-10-16-31(17-11-27)32-20-22-33(23-21-32)34(35,36)37-25-24-28-12-18-30(19-13-28)29-14-8-26(4-2)9-15-29/h12-13,18-23,26-27,29,31H,3-11,14-17,24-25H2,1-2H3/t26-,27-,29-,31-. The zero-order chi connectivity index (χ0) is 26.1. The Hall–Kier alpha value is -1.74. The number of ether oxygens (including phenoxy) is 1. The van der Waals surface area contributed by atoms with Gasteiger partial charge in [0.25, 0.3) is 0 Å². The summed E-state index contributed by atoms with van der Waals surface area (Å²) in [6.07, 6.45) is 14.0. The van der Waals surface area contributed by atoms with Crippen LogP contribution in [0, 0.1) is 11.8 Å². The topological polar surface area (TPSA) is 9.23 Å². The van der Waals surface area contributed by atoms with E-state index in [0.29, 0.717) is 18.3 Å². The van der Waals surface area contributed by atoms with Crippen molar-refractivity contribution in [3.63, 3.8) is 0 Å². The van der Waals surface area contributed by atoms with Crippen LogP contribution in [0.25, 0.3) is 0 Å². The number of rotatable bonds is 12. The number of benzene rings is 2. The first-order valence-electron chi connectivity index (χ1n) is 15.2. The highest BCUT2D eigenvalue weighted by molar-refractivity contribution is 5.28. The maximum Gasteiger partial charge on any atom is 0.383 e. The number of unbranched alkanes of at least 4 members (excludes halogenated alkanes) is 2. The summed E-state index contributed by atoms with van der Waals surface area (Å²) in [7, 11) is 0. The van der Waals surface area contributed by atoms with E-state index in [0.717, 1.165) is 17.4 Å². The summed E-state index contributed by atoms with van der Waals surface area (Å²) < 4.78 is 34.7. The van der Waals surface area contributed by atoms with Gasteiger partial charge < -0.3 is 4.74 Å². The average Bonchev–Trinajstić information content (AvgIpc) is 2.94. The molecule has 0 aromatic heterocycles. The lowest BCUT2D eigenvalue weighted by atomic mass is 9.77. The molecule has 0 atom stereocenters. The van der Waals surface area contributed by atoms with Crippen molar-refractivity contribution in [2.75, 3.05) is 6.61 Å². The van der Waals surface area contributed by atoms with Crippen molar-refractivity contribution in [1.82, 2.24) is 0 Å². The van der Waals surface area contributed by atoms with E-state index in [1.807, 2.05) is 12.1 Å². The first kappa shape index (κ1) is 28.3. The van der Waals surface area contributed by atoms with Crippen molar-refractivity contribution in [3.8, 4) is 0 Å². The second-order valence-electron chi connectivity index (χ2n) is 11.8. The monoisotopic (exact) mass is 510 g/mol. The highest BCUT2D eigenvalue weighted by atomic mass is 19.3. The van der Waals surface area contributed by atoms with Crippen LogP contribution in [0.4, 0.5) is 8.78 Å². The molecule has 0 unspecified atom stereocenters. The molecular weight excluding hydrogens is 462 g/mol. The Morgan fingerprint density at radius 3 is 1.78 bits per heavy atom. The Morgan fingerprint density at radius 2 is 1.24 bits per heavy atom. The molecule has 0 bridgehead atoms. The molecule has 204 valence electrons. The third kappa shape index (κ3) is 8.12. The molecule has 0 spiro atoms. The van der Waals surface area contributed by atoms with Crippen molar-refractivity contribution in [1.29, 1.82) is 0 Å². The summed E-state index contributed by atoms with van der Waals surface area (Å²) in [5, 5.41) is 0. The van der Waals surface area contributed by atoms with E-state index < -0.39 is 6.11 Å². The van der Waals surface area contributed by atoms with Crippen LogP contribution in [0.15, 0.2) is 48.5 Å². The van der Waals surface area contributed by atoms with Gasteiger partial charge in [0.2, 0.25) is 0 Å². The van der Waals surface area contributed by atoms with Crippen molar-refractivity contribution in [3.05, 3.63) is 70.8 Å². The van der Waals surface area contributed by atoms with Crippen molar-refractivity contribution in [2.24, 2.45) is 11.8 Å². The smallest absolute Gasteiger partial charge is 0.316 e. The van der Waals surface area contributed by atoms with E-state index in [-0.39, 0.29) is 12.2 Å². The minimum Gasteiger partial charge on any atom is -0.316 e. The molecule has 0 aliphatic heterocycles. The van der Waals surface area contributed by atoms with Gasteiger partial charge in [-0.1, -0.05) is 94.5 Å². The Bertz CT molecular complexity index is 904. The van der Waals surface area contributed by atoms with Crippen LogP contribution in [-0.4, -0.2) is 6.61 Å². The van der Waals surface area contributed by atoms with Crippen LogP contribution in [0.3, 0.4) is 0 Å². The molecule has 4 rings (SSSR count). The molecule has 2 aromatic rings. The van der Waals surface area contributed by atoms with Crippen molar-refractivity contribution < 1.29 is 13.5 Å². The second-order valence-corrected chi connectivity index (χ2v) is 11.8. The summed E-state index contributed by atoms with van der Waals surface area (Å²) in [4.78, 5) is 0. The van der Waals surface area contributed by atoms with Crippen LogP contribution in [0.5, 0.6) is 0 Å². The maximum atomic E-state index is 14.8. The van der Waals surface area contributed by atoms with Crippen LogP contribution in [0.2, 0.25) is 0 Å². The quantitative estimate of drug-likeness (QED) is 0.258. The molecule has 37 heavy (non-hydrogen) atoms. The molecule has 0 N–H and O–H groups in total. The van der Waals surface area contributed by atoms with Crippen molar-refractivity contribution >= 4 is 0 Å². The van der Waals surface area contributed by atoms with E-state index >= 15 is 0 Å². The second kappa shape index (κ2) is 13.9. The molecule has 0 amide bonds. The lowest BCUT2D eigenvalue weighted by Crippen LogP contribution is -2.20. The maximum absolute atomic E-state index is 14.8. The Balaban J connectivity index is 1.21. The van der Waals surface area contributed by atoms with Crippen LogP contribution in [-0.2, 0) is 17.3 Å². The minimum atomic E-state index is -3.26. The third-order valence-corrected chi connectivity index (χ3v) is 9.33. The first-order chi connectivity index (χ1) is 18.0. The number of hydrogen-bond acceptors (Lipinski definition) is 1. The van der Waals surface area contributed by atoms with Crippen LogP contribution >= 0.6 is 0 Å². The molecule has 0 heterocycles. The minimum absolute atomic E-state index is 0.0117. The molecule has 3 heteroatoms. The van der Waals surface area contributed by atoms with E-state index in [4.69, 9.17) is 4.74 Å². The van der Waals surface area contributed by atoms with Gasteiger partial charge in [-0.3, -0.25) is 0 Å². The van der Waals surface area contributed by atoms with Gasteiger partial charge in [0.15, 0.2) is 0 Å². The Labute approximate surface area is 224 Å². The molecule has 2 aliphatic rings. The van der Waals surface area contributed by atoms with Gasteiger partial charge in [0, 0.05) is 0 Å². The fraction of sp³-hybridized carbons (Fsp3) is 0.647. The fourth-order valence-corrected chi connectivity index (χ4v) is 6.66. The van der Waals surface area contributed by atoms with E-state index in [9.17, 15) is 8.78 Å². The van der Waals surface area contributed by atoms with Gasteiger partial charge in [-0.2, -0.15) is 8.78 Å². The average molecular weight is 511 g/mol. The zero-order valence-electron chi connectivity index (χ0n) is 23.2. The number of alkyl halides is 2. The van der Waals surface area contributed by atoms with Gasteiger partial charge in [0.1, 0.15) is 0 Å². The molecule has 2 saturated carbocycles.